The van der Waals surface area contributed by atoms with Gasteiger partial charge in [0.25, 0.3) is 0 Å². The summed E-state index contributed by atoms with van der Waals surface area (Å²) in [5.74, 6) is 0.844. The molecular weight excluding hydrogens is 361 g/mol. The minimum atomic E-state index is -0.340. The fourth-order valence-electron chi connectivity index (χ4n) is 3.22. The highest BCUT2D eigenvalue weighted by Crippen LogP contribution is 2.28. The van der Waals surface area contributed by atoms with Gasteiger partial charge in [0, 0.05) is 35.0 Å². The zero-order chi connectivity index (χ0) is 19.7. The van der Waals surface area contributed by atoms with Gasteiger partial charge in [-0.15, -0.1) is 10.2 Å². The highest BCUT2D eigenvalue weighted by molar-refractivity contribution is 5.80. The second-order valence-corrected chi connectivity index (χ2v) is 6.29. The number of aromatic amines is 1. The number of benzene rings is 1. The van der Waals surface area contributed by atoms with Gasteiger partial charge in [0.05, 0.1) is 7.11 Å². The van der Waals surface area contributed by atoms with Gasteiger partial charge in [0.1, 0.15) is 23.7 Å². The van der Waals surface area contributed by atoms with Crippen LogP contribution in [-0.2, 0) is 6.54 Å². The number of nitrogens with zero attached hydrogens (tertiary/aromatic N) is 3. The zero-order valence-electron chi connectivity index (χ0n) is 15.4. The van der Waals surface area contributed by atoms with Gasteiger partial charge < -0.3 is 15.0 Å². The standard InChI is InChI=1S/C20H18FN5O2/c1-12-13(7-9-19(27)24-12)14-6-8-18(26-11-23-25-20(14)26)22-10-15-16(21)4-3-5-17(15)28-2/h3-9,11,22H,10H2,1-2H3,(H,24,27). The van der Waals surface area contributed by atoms with Crippen molar-refractivity contribution in [3.05, 3.63) is 76.2 Å². The molecule has 4 aromatic rings. The molecule has 7 nitrogen and oxygen atoms in total. The first kappa shape index (κ1) is 17.7. The Hall–Kier alpha value is -3.68. The first-order valence-corrected chi connectivity index (χ1v) is 8.67. The number of hydrogen-bond acceptors (Lipinski definition) is 5. The van der Waals surface area contributed by atoms with Crippen molar-refractivity contribution in [2.24, 2.45) is 0 Å². The van der Waals surface area contributed by atoms with Gasteiger partial charge in [-0.2, -0.15) is 0 Å². The summed E-state index contributed by atoms with van der Waals surface area (Å²) in [7, 11) is 1.51. The molecule has 8 heteroatoms. The Labute approximate surface area is 159 Å². The molecule has 0 aliphatic carbocycles. The molecule has 0 spiro atoms. The number of pyridine rings is 2. The van der Waals surface area contributed by atoms with Crippen LogP contribution in [0.15, 0.2) is 53.6 Å². The maximum atomic E-state index is 14.2. The summed E-state index contributed by atoms with van der Waals surface area (Å²) in [5, 5.41) is 11.4. The zero-order valence-corrected chi connectivity index (χ0v) is 15.4. The summed E-state index contributed by atoms with van der Waals surface area (Å²) in [6, 6.07) is 11.7. The number of rotatable bonds is 5. The molecule has 3 heterocycles. The smallest absolute Gasteiger partial charge is 0.248 e. The molecular formula is C20H18FN5O2. The van der Waals surface area contributed by atoms with Crippen molar-refractivity contribution in [1.82, 2.24) is 19.6 Å². The Bertz CT molecular complexity index is 1210. The summed E-state index contributed by atoms with van der Waals surface area (Å²) in [6.07, 6.45) is 1.58. The molecule has 0 aliphatic rings. The maximum Gasteiger partial charge on any atom is 0.248 e. The van der Waals surface area contributed by atoms with Gasteiger partial charge in [-0.3, -0.25) is 9.20 Å². The number of H-pyrrole nitrogens is 1. The molecule has 142 valence electrons. The van der Waals surface area contributed by atoms with E-state index in [1.54, 1.807) is 28.9 Å². The van der Waals surface area contributed by atoms with Crippen LogP contribution in [0.2, 0.25) is 0 Å². The molecule has 0 fully saturated rings. The van der Waals surface area contributed by atoms with Gasteiger partial charge >= 0.3 is 0 Å². The highest BCUT2D eigenvalue weighted by atomic mass is 19.1. The molecule has 0 radical (unpaired) electrons. The molecule has 28 heavy (non-hydrogen) atoms. The Morgan fingerprint density at radius 2 is 2.00 bits per heavy atom. The molecule has 0 unspecified atom stereocenters. The van der Waals surface area contributed by atoms with Crippen molar-refractivity contribution in [1.29, 1.82) is 0 Å². The molecule has 0 saturated heterocycles. The first-order chi connectivity index (χ1) is 13.6. The van der Waals surface area contributed by atoms with E-state index in [9.17, 15) is 9.18 Å². The number of hydrogen-bond donors (Lipinski definition) is 2. The van der Waals surface area contributed by atoms with Crippen molar-refractivity contribution in [2.75, 3.05) is 12.4 Å². The third-order valence-corrected chi connectivity index (χ3v) is 4.60. The van der Waals surface area contributed by atoms with E-state index in [0.717, 1.165) is 16.8 Å². The summed E-state index contributed by atoms with van der Waals surface area (Å²) < 4.78 is 21.2. The van der Waals surface area contributed by atoms with Crippen LogP contribution in [-0.4, -0.2) is 26.7 Å². The topological polar surface area (TPSA) is 84.3 Å². The number of aromatic nitrogens is 4. The summed E-state index contributed by atoms with van der Waals surface area (Å²) in [4.78, 5) is 14.3. The van der Waals surface area contributed by atoms with Crippen LogP contribution in [0.3, 0.4) is 0 Å². The molecule has 0 aliphatic heterocycles. The quantitative estimate of drug-likeness (QED) is 0.556. The van der Waals surface area contributed by atoms with E-state index in [1.807, 2.05) is 19.1 Å². The Balaban J connectivity index is 1.71. The van der Waals surface area contributed by atoms with Crippen LogP contribution in [0.1, 0.15) is 11.3 Å². The molecule has 0 bridgehead atoms. The molecule has 0 amide bonds. The normalized spacial score (nSPS) is 11.0. The highest BCUT2D eigenvalue weighted by Gasteiger charge is 2.14. The van der Waals surface area contributed by atoms with E-state index in [1.165, 1.54) is 19.2 Å². The van der Waals surface area contributed by atoms with E-state index in [2.05, 4.69) is 20.5 Å². The van der Waals surface area contributed by atoms with Crippen molar-refractivity contribution >= 4 is 11.5 Å². The third-order valence-electron chi connectivity index (χ3n) is 4.60. The van der Waals surface area contributed by atoms with Crippen molar-refractivity contribution in [3.8, 4) is 16.9 Å². The Kier molecular flexibility index (Phi) is 4.52. The lowest BCUT2D eigenvalue weighted by Gasteiger charge is -2.14. The number of anilines is 1. The average Bonchev–Trinajstić information content (AvgIpc) is 3.17. The van der Waals surface area contributed by atoms with E-state index in [-0.39, 0.29) is 17.9 Å². The average molecular weight is 379 g/mol. The predicted octanol–water partition coefficient (Wildman–Crippen LogP) is 3.15. The molecule has 2 N–H and O–H groups in total. The van der Waals surface area contributed by atoms with Gasteiger partial charge in [0.15, 0.2) is 5.65 Å². The Morgan fingerprint density at radius 1 is 1.18 bits per heavy atom. The number of halogens is 1. The van der Waals surface area contributed by atoms with Gasteiger partial charge in [-0.05, 0) is 37.3 Å². The molecule has 4 rings (SSSR count). The van der Waals surface area contributed by atoms with E-state index >= 15 is 0 Å². The third kappa shape index (κ3) is 3.09. The van der Waals surface area contributed by atoms with Crippen LogP contribution in [0.5, 0.6) is 5.75 Å². The predicted molar refractivity (Wildman–Crippen MR) is 104 cm³/mol. The van der Waals surface area contributed by atoms with Gasteiger partial charge in [-0.25, -0.2) is 4.39 Å². The van der Waals surface area contributed by atoms with E-state index < -0.39 is 0 Å². The van der Waals surface area contributed by atoms with Crippen LogP contribution in [0.25, 0.3) is 16.8 Å². The van der Waals surface area contributed by atoms with Crippen molar-refractivity contribution in [2.45, 2.75) is 13.5 Å². The second kappa shape index (κ2) is 7.15. The summed E-state index contributed by atoms with van der Waals surface area (Å²) >= 11 is 0. The van der Waals surface area contributed by atoms with E-state index in [0.29, 0.717) is 22.8 Å². The minimum absolute atomic E-state index is 0.157. The van der Waals surface area contributed by atoms with Crippen LogP contribution < -0.4 is 15.6 Å². The Morgan fingerprint density at radius 3 is 2.79 bits per heavy atom. The molecule has 3 aromatic heterocycles. The van der Waals surface area contributed by atoms with E-state index in [4.69, 9.17) is 4.74 Å². The fourth-order valence-corrected chi connectivity index (χ4v) is 3.22. The van der Waals surface area contributed by atoms with Crippen LogP contribution in [0.4, 0.5) is 10.2 Å². The lowest BCUT2D eigenvalue weighted by Crippen LogP contribution is -2.08. The molecule has 1 aromatic carbocycles. The van der Waals surface area contributed by atoms with Crippen molar-refractivity contribution in [3.63, 3.8) is 0 Å². The first-order valence-electron chi connectivity index (χ1n) is 8.67. The largest absolute Gasteiger partial charge is 0.496 e. The monoisotopic (exact) mass is 379 g/mol. The number of methoxy groups -OCH3 is 1. The number of nitrogens with one attached hydrogen (secondary N) is 2. The minimum Gasteiger partial charge on any atom is -0.496 e. The number of aryl methyl sites for hydroxylation is 1. The number of fused-ring (bicyclic) bond motifs is 1. The number of ether oxygens (including phenoxy) is 1. The van der Waals surface area contributed by atoms with Crippen LogP contribution >= 0.6 is 0 Å². The maximum absolute atomic E-state index is 14.2. The summed E-state index contributed by atoms with van der Waals surface area (Å²) in [5.41, 5.74) is 3.35. The fraction of sp³-hybridized carbons (Fsp3) is 0.150. The second-order valence-electron chi connectivity index (χ2n) is 6.29. The molecule has 0 atom stereocenters. The summed E-state index contributed by atoms with van der Waals surface area (Å²) in [6.45, 7) is 2.07. The van der Waals surface area contributed by atoms with Crippen LogP contribution in [0, 0.1) is 12.7 Å². The molecule has 0 saturated carbocycles. The van der Waals surface area contributed by atoms with Gasteiger partial charge in [0.2, 0.25) is 5.56 Å². The van der Waals surface area contributed by atoms with Gasteiger partial charge in [-0.1, -0.05) is 6.07 Å². The lowest BCUT2D eigenvalue weighted by molar-refractivity contribution is 0.405. The SMILES string of the molecule is COc1cccc(F)c1CNc1ccc(-c2ccc(=O)[nH]c2C)c2nncn12. The lowest BCUT2D eigenvalue weighted by atomic mass is 10.1. The van der Waals surface area contributed by atoms with Crippen molar-refractivity contribution < 1.29 is 9.13 Å².